The van der Waals surface area contributed by atoms with E-state index in [-0.39, 0.29) is 5.92 Å². The molecule has 0 aromatic carbocycles. The smallest absolute Gasteiger partial charge is 0.257 e. The number of rotatable bonds is 7. The van der Waals surface area contributed by atoms with Gasteiger partial charge in [-0.15, -0.1) is 0 Å². The van der Waals surface area contributed by atoms with E-state index in [1.165, 1.54) is 0 Å². The van der Waals surface area contributed by atoms with Gasteiger partial charge >= 0.3 is 0 Å². The molecule has 2 nitrogen and oxygen atoms in total. The summed E-state index contributed by atoms with van der Waals surface area (Å²) >= 11 is 0. The third kappa shape index (κ3) is 3.98. The molecule has 0 aliphatic carbocycles. The molecule has 3 heteroatoms. The van der Waals surface area contributed by atoms with Gasteiger partial charge in [-0.1, -0.05) is 48.5 Å². The average molecular weight is 256 g/mol. The minimum Gasteiger partial charge on any atom is -0.548 e. The maximum atomic E-state index is 10.6. The first kappa shape index (κ1) is 16.4. The van der Waals surface area contributed by atoms with E-state index < -0.39 is 8.32 Å². The summed E-state index contributed by atoms with van der Waals surface area (Å²) in [6.45, 7) is 15.4. The Morgan fingerprint density at radius 1 is 0.882 bits per heavy atom. The van der Waals surface area contributed by atoms with Crippen LogP contribution in [0.25, 0.3) is 0 Å². The fraction of sp³-hybridized carbons (Fsp3) is 0.786. The molecule has 0 N–H and O–H groups in total. The summed E-state index contributed by atoms with van der Waals surface area (Å²) in [6.07, 6.45) is 4.55. The number of hydrogen-bond acceptors (Lipinski definition) is 2. The van der Waals surface area contributed by atoms with E-state index in [2.05, 4.69) is 41.5 Å². The van der Waals surface area contributed by atoms with Gasteiger partial charge in [-0.25, -0.2) is 0 Å². The lowest BCUT2D eigenvalue weighted by atomic mass is 10.2. The molecule has 0 aliphatic heterocycles. The third-order valence-electron chi connectivity index (χ3n) is 3.58. The van der Waals surface area contributed by atoms with Crippen LogP contribution in [0.4, 0.5) is 0 Å². The summed E-state index contributed by atoms with van der Waals surface area (Å²) in [7, 11) is -1.81. The van der Waals surface area contributed by atoms with Gasteiger partial charge in [0.1, 0.15) is 6.29 Å². The summed E-state index contributed by atoms with van der Waals surface area (Å²) in [4.78, 5) is 10.6. The van der Waals surface area contributed by atoms with E-state index >= 15 is 0 Å². The molecule has 17 heavy (non-hydrogen) atoms. The zero-order chi connectivity index (χ0) is 13.6. The predicted molar refractivity (Wildman–Crippen MR) is 76.5 cm³/mol. The van der Waals surface area contributed by atoms with E-state index in [4.69, 9.17) is 4.43 Å². The van der Waals surface area contributed by atoms with Crippen LogP contribution in [0.3, 0.4) is 0 Å². The second-order valence-electron chi connectivity index (χ2n) is 5.76. The zero-order valence-corrected chi connectivity index (χ0v) is 13.4. The normalized spacial score (nSPS) is 14.9. The summed E-state index contributed by atoms with van der Waals surface area (Å²) in [5.74, 6) is -0.0619. The topological polar surface area (TPSA) is 26.3 Å². The van der Waals surface area contributed by atoms with Crippen molar-refractivity contribution in [2.45, 2.75) is 65.1 Å². The number of allylic oxidation sites excluding steroid dienone is 1. The van der Waals surface area contributed by atoms with Gasteiger partial charge in [0.15, 0.2) is 0 Å². The van der Waals surface area contributed by atoms with Crippen LogP contribution < -0.4 is 0 Å². The first-order valence-corrected chi connectivity index (χ1v) is 8.72. The largest absolute Gasteiger partial charge is 0.548 e. The van der Waals surface area contributed by atoms with Crippen molar-refractivity contribution in [3.8, 4) is 0 Å². The van der Waals surface area contributed by atoms with Crippen LogP contribution in [0.1, 0.15) is 48.5 Å². The molecule has 0 amide bonds. The fourth-order valence-corrected chi connectivity index (χ4v) is 7.87. The Hall–Kier alpha value is -0.573. The van der Waals surface area contributed by atoms with Crippen molar-refractivity contribution in [2.24, 2.45) is 5.92 Å². The van der Waals surface area contributed by atoms with Crippen molar-refractivity contribution in [2.75, 3.05) is 0 Å². The molecule has 0 aliphatic rings. The highest BCUT2D eigenvalue weighted by atomic mass is 28.4. The highest BCUT2D eigenvalue weighted by Crippen LogP contribution is 2.42. The lowest BCUT2D eigenvalue weighted by Crippen LogP contribution is -2.46. The SMILES string of the molecule is CC(C)[Si](O/C=C/[C@H](C)C=O)(C(C)C)C(C)C. The van der Waals surface area contributed by atoms with Crippen LogP contribution in [-0.2, 0) is 9.22 Å². The average Bonchev–Trinajstić information content (AvgIpc) is 2.22. The molecule has 0 saturated heterocycles. The molecule has 0 rings (SSSR count). The lowest BCUT2D eigenvalue weighted by molar-refractivity contribution is -0.109. The van der Waals surface area contributed by atoms with Crippen LogP contribution in [0.15, 0.2) is 12.3 Å². The quantitative estimate of drug-likeness (QED) is 0.380. The molecule has 0 heterocycles. The van der Waals surface area contributed by atoms with E-state index in [0.717, 1.165) is 6.29 Å². The van der Waals surface area contributed by atoms with Gasteiger partial charge in [0.25, 0.3) is 8.32 Å². The molecule has 0 aromatic rings. The maximum Gasteiger partial charge on any atom is 0.257 e. The molecule has 1 atom stereocenters. The molecule has 100 valence electrons. The Morgan fingerprint density at radius 3 is 1.59 bits per heavy atom. The second-order valence-corrected chi connectivity index (χ2v) is 11.2. The van der Waals surface area contributed by atoms with Crippen molar-refractivity contribution in [3.63, 3.8) is 0 Å². The van der Waals surface area contributed by atoms with Crippen LogP contribution in [-0.4, -0.2) is 14.6 Å². The Labute approximate surface area is 108 Å². The van der Waals surface area contributed by atoms with Crippen molar-refractivity contribution < 1.29 is 9.22 Å². The van der Waals surface area contributed by atoms with Crippen LogP contribution in [0, 0.1) is 5.92 Å². The first-order chi connectivity index (χ1) is 7.78. The van der Waals surface area contributed by atoms with Crippen LogP contribution >= 0.6 is 0 Å². The zero-order valence-electron chi connectivity index (χ0n) is 12.4. The molecule has 0 aromatic heterocycles. The van der Waals surface area contributed by atoms with Crippen molar-refractivity contribution in [1.82, 2.24) is 0 Å². The minimum absolute atomic E-state index is 0.0619. The fourth-order valence-electron chi connectivity index (χ4n) is 2.73. The predicted octanol–water partition coefficient (Wildman–Crippen LogP) is 4.53. The van der Waals surface area contributed by atoms with Crippen molar-refractivity contribution in [1.29, 1.82) is 0 Å². The van der Waals surface area contributed by atoms with Gasteiger partial charge < -0.3 is 9.22 Å². The lowest BCUT2D eigenvalue weighted by Gasteiger charge is -2.41. The molecular weight excluding hydrogens is 228 g/mol. The Morgan fingerprint density at radius 2 is 1.29 bits per heavy atom. The number of hydrogen-bond donors (Lipinski definition) is 0. The summed E-state index contributed by atoms with van der Waals surface area (Å²) < 4.78 is 6.19. The van der Waals surface area contributed by atoms with E-state index in [1.807, 2.05) is 13.0 Å². The molecule has 0 saturated carbocycles. The van der Waals surface area contributed by atoms with Gasteiger partial charge in [0.2, 0.25) is 0 Å². The Bertz CT molecular complexity index is 235. The minimum atomic E-state index is -1.81. The standard InChI is InChI=1S/C14H28O2Si/c1-11(2)17(12(3)4,13(5)6)16-9-8-14(7)10-15/h8-14H,1-7H3/b9-8+/t14-/m0/s1. The first-order valence-electron chi connectivity index (χ1n) is 6.58. The Kier molecular flexibility index (Phi) is 6.76. The van der Waals surface area contributed by atoms with Crippen LogP contribution in [0.2, 0.25) is 16.6 Å². The van der Waals surface area contributed by atoms with Gasteiger partial charge in [0, 0.05) is 5.92 Å². The van der Waals surface area contributed by atoms with E-state index in [0.29, 0.717) is 16.6 Å². The van der Waals surface area contributed by atoms with Gasteiger partial charge in [-0.3, -0.25) is 0 Å². The highest BCUT2D eigenvalue weighted by molar-refractivity contribution is 6.77. The summed E-state index contributed by atoms with van der Waals surface area (Å²) in [5.41, 5.74) is 1.70. The third-order valence-corrected chi connectivity index (χ3v) is 9.53. The second kappa shape index (κ2) is 6.99. The molecule has 0 bridgehead atoms. The molecular formula is C14H28O2Si. The summed E-state index contributed by atoms with van der Waals surface area (Å²) in [5, 5.41) is 0. The van der Waals surface area contributed by atoms with E-state index in [1.54, 1.807) is 6.26 Å². The number of carbonyl (C=O) groups excluding carboxylic acids is 1. The van der Waals surface area contributed by atoms with Gasteiger partial charge in [0.05, 0.1) is 6.26 Å². The van der Waals surface area contributed by atoms with Gasteiger partial charge in [-0.2, -0.15) is 0 Å². The van der Waals surface area contributed by atoms with Crippen molar-refractivity contribution in [3.05, 3.63) is 12.3 Å². The monoisotopic (exact) mass is 256 g/mol. The number of aldehydes is 1. The van der Waals surface area contributed by atoms with Crippen molar-refractivity contribution >= 4 is 14.6 Å². The number of carbonyl (C=O) groups is 1. The van der Waals surface area contributed by atoms with Crippen LogP contribution in [0.5, 0.6) is 0 Å². The van der Waals surface area contributed by atoms with E-state index in [9.17, 15) is 4.79 Å². The summed E-state index contributed by atoms with van der Waals surface area (Å²) in [6, 6.07) is 0. The molecule has 0 spiro atoms. The Balaban J connectivity index is 4.94. The molecule has 0 fully saturated rings. The molecule has 0 radical (unpaired) electrons. The van der Waals surface area contributed by atoms with Gasteiger partial charge in [-0.05, 0) is 22.7 Å². The maximum absolute atomic E-state index is 10.6. The highest BCUT2D eigenvalue weighted by Gasteiger charge is 2.46. The molecule has 0 unspecified atom stereocenters.